The number of nitrogens with zero attached hydrogens (tertiary/aromatic N) is 2. The van der Waals surface area contributed by atoms with E-state index in [4.69, 9.17) is 24.4 Å². The van der Waals surface area contributed by atoms with E-state index in [2.05, 4.69) is 44.5 Å². The highest BCUT2D eigenvalue weighted by Crippen LogP contribution is 2.34. The molecule has 0 amide bonds. The van der Waals surface area contributed by atoms with Gasteiger partial charge in [-0.1, -0.05) is 54.7 Å². The molecule has 0 radical (unpaired) electrons. The minimum absolute atomic E-state index is 0.514. The summed E-state index contributed by atoms with van der Waals surface area (Å²) >= 11 is 12.2. The number of hydrogen-bond acceptors (Lipinski definition) is 5. The lowest BCUT2D eigenvalue weighted by molar-refractivity contribution is 1.02. The smallest absolute Gasteiger partial charge is 0.175 e. The third-order valence-electron chi connectivity index (χ3n) is 3.75. The predicted octanol–water partition coefficient (Wildman–Crippen LogP) is 5.44. The Kier molecular flexibility index (Phi) is 3.84. The third kappa shape index (κ3) is 2.60. The van der Waals surface area contributed by atoms with Crippen LogP contribution in [0.15, 0.2) is 30.3 Å². The second-order valence-corrected chi connectivity index (χ2v) is 7.15. The Hall–Kier alpha value is -2.22. The van der Waals surface area contributed by atoms with Gasteiger partial charge in [0.1, 0.15) is 9.47 Å². The van der Waals surface area contributed by atoms with Crippen LogP contribution in [0.25, 0.3) is 32.6 Å². The van der Waals surface area contributed by atoms with Crippen molar-refractivity contribution in [3.05, 3.63) is 56.6 Å². The molecule has 4 rings (SSSR count). The molecule has 0 saturated heterocycles. The van der Waals surface area contributed by atoms with Crippen LogP contribution < -0.4 is 0 Å². The van der Waals surface area contributed by atoms with Crippen LogP contribution in [0.4, 0.5) is 0 Å². The molecule has 1 aromatic carbocycles. The minimum atomic E-state index is 0.514. The zero-order chi connectivity index (χ0) is 16.7. The lowest BCUT2D eigenvalue weighted by atomic mass is 10.1. The highest BCUT2D eigenvalue weighted by molar-refractivity contribution is 7.72. The largest absolute Gasteiger partial charge is 0.331 e. The maximum atomic E-state index is 5.40. The van der Waals surface area contributed by atoms with Crippen molar-refractivity contribution < 1.29 is 0 Å². The fourth-order valence-electron chi connectivity index (χ4n) is 2.63. The normalized spacial score (nSPS) is 11.7. The Morgan fingerprint density at radius 1 is 1.04 bits per heavy atom. The number of rotatable bonds is 2. The van der Waals surface area contributed by atoms with Crippen LogP contribution in [0.5, 0.6) is 0 Å². The van der Waals surface area contributed by atoms with E-state index in [1.807, 2.05) is 25.1 Å². The van der Waals surface area contributed by atoms with Crippen molar-refractivity contribution in [2.24, 2.45) is 0 Å². The SMILES string of the molecule is Cc1nnc2sc3c(=S)[nH]c(=S)[nH]c3c2c1/C=C/c1ccccc1. The molecule has 0 saturated carbocycles. The number of hydrogen-bond donors (Lipinski definition) is 2. The molecule has 7 heteroatoms. The number of aryl methyl sites for hydroxylation is 1. The van der Waals surface area contributed by atoms with Crippen molar-refractivity contribution in [3.63, 3.8) is 0 Å². The summed E-state index contributed by atoms with van der Waals surface area (Å²) in [7, 11) is 0. The second kappa shape index (κ2) is 6.01. The molecule has 0 unspecified atom stereocenters. The Morgan fingerprint density at radius 2 is 1.83 bits per heavy atom. The quantitative estimate of drug-likeness (QED) is 0.463. The van der Waals surface area contributed by atoms with E-state index in [9.17, 15) is 0 Å². The number of thiophene rings is 1. The fraction of sp³-hybridized carbons (Fsp3) is 0.0588. The van der Waals surface area contributed by atoms with Crippen molar-refractivity contribution in [2.45, 2.75) is 6.92 Å². The van der Waals surface area contributed by atoms with Crippen molar-refractivity contribution in [2.75, 3.05) is 0 Å². The number of H-pyrrole nitrogens is 2. The summed E-state index contributed by atoms with van der Waals surface area (Å²) < 4.78 is 2.09. The molecule has 118 valence electrons. The zero-order valence-electron chi connectivity index (χ0n) is 12.7. The lowest BCUT2D eigenvalue weighted by Crippen LogP contribution is -1.92. The first-order valence-corrected chi connectivity index (χ1v) is 8.92. The summed E-state index contributed by atoms with van der Waals surface area (Å²) in [4.78, 5) is 7.05. The van der Waals surface area contributed by atoms with Gasteiger partial charge in [0.25, 0.3) is 0 Å². The average Bonchev–Trinajstić information content (AvgIpc) is 2.94. The van der Waals surface area contributed by atoms with Crippen molar-refractivity contribution >= 4 is 68.4 Å². The van der Waals surface area contributed by atoms with Gasteiger partial charge in [-0.3, -0.25) is 0 Å². The van der Waals surface area contributed by atoms with Gasteiger partial charge in [-0.05, 0) is 24.7 Å². The van der Waals surface area contributed by atoms with Gasteiger partial charge in [0.05, 0.1) is 15.9 Å². The maximum Gasteiger partial charge on any atom is 0.175 e. The van der Waals surface area contributed by atoms with E-state index in [0.717, 1.165) is 37.3 Å². The third-order valence-corrected chi connectivity index (χ3v) is 5.48. The molecule has 0 fully saturated rings. The van der Waals surface area contributed by atoms with Gasteiger partial charge < -0.3 is 9.97 Å². The number of fused-ring (bicyclic) bond motifs is 3. The first-order chi connectivity index (χ1) is 11.6. The Labute approximate surface area is 151 Å². The standard InChI is InChI=1S/C17H12N4S3/c1-9-11(8-7-10-5-3-2-4-6-10)12-13-14(24-16(12)21-20-9)15(22)19-17(23)18-13/h2-8H,1H3,(H2,18,19,22,23)/b8-7+. The van der Waals surface area contributed by atoms with Crippen molar-refractivity contribution in [3.8, 4) is 0 Å². The van der Waals surface area contributed by atoms with Crippen molar-refractivity contribution in [1.82, 2.24) is 20.2 Å². The van der Waals surface area contributed by atoms with Crippen LogP contribution in [-0.2, 0) is 0 Å². The molecule has 0 aliphatic heterocycles. The van der Waals surface area contributed by atoms with Crippen molar-refractivity contribution in [1.29, 1.82) is 0 Å². The molecule has 0 spiro atoms. The van der Waals surface area contributed by atoms with Gasteiger partial charge in [0, 0.05) is 10.9 Å². The number of aromatic amines is 2. The van der Waals surface area contributed by atoms with E-state index in [1.54, 1.807) is 0 Å². The van der Waals surface area contributed by atoms with Gasteiger partial charge >= 0.3 is 0 Å². The second-order valence-electron chi connectivity index (χ2n) is 5.34. The first kappa shape index (κ1) is 15.3. The number of nitrogens with one attached hydrogen (secondary N) is 2. The highest BCUT2D eigenvalue weighted by Gasteiger charge is 2.14. The highest BCUT2D eigenvalue weighted by atomic mass is 32.1. The molecule has 0 aliphatic carbocycles. The molecular formula is C17H12N4S3. The lowest BCUT2D eigenvalue weighted by Gasteiger charge is -2.02. The summed E-state index contributed by atoms with van der Waals surface area (Å²) in [6, 6.07) is 10.2. The fourth-order valence-corrected chi connectivity index (χ4v) is 4.21. The molecular weight excluding hydrogens is 356 g/mol. The van der Waals surface area contributed by atoms with E-state index in [1.165, 1.54) is 11.3 Å². The van der Waals surface area contributed by atoms with E-state index < -0.39 is 0 Å². The number of benzene rings is 1. The molecule has 3 aromatic heterocycles. The molecule has 4 aromatic rings. The van der Waals surface area contributed by atoms with E-state index in [0.29, 0.717) is 9.41 Å². The van der Waals surface area contributed by atoms with Gasteiger partial charge in [-0.15, -0.1) is 16.4 Å². The summed E-state index contributed by atoms with van der Waals surface area (Å²) in [5.74, 6) is 0. The predicted molar refractivity (Wildman–Crippen MR) is 105 cm³/mol. The average molecular weight is 369 g/mol. The maximum absolute atomic E-state index is 5.40. The van der Waals surface area contributed by atoms with Gasteiger partial charge in [0.2, 0.25) is 0 Å². The van der Waals surface area contributed by atoms with Crippen LogP contribution in [0, 0.1) is 16.3 Å². The van der Waals surface area contributed by atoms with Gasteiger partial charge in [-0.25, -0.2) is 0 Å². The first-order valence-electron chi connectivity index (χ1n) is 7.29. The molecule has 0 aliphatic rings. The molecule has 0 bridgehead atoms. The molecule has 3 heterocycles. The van der Waals surface area contributed by atoms with Gasteiger partial charge in [0.15, 0.2) is 4.77 Å². The molecule has 2 N–H and O–H groups in total. The summed E-state index contributed by atoms with van der Waals surface area (Å²) in [5, 5.41) is 9.63. The molecule has 4 nitrogen and oxygen atoms in total. The monoisotopic (exact) mass is 368 g/mol. The topological polar surface area (TPSA) is 57.4 Å². The van der Waals surface area contributed by atoms with Crippen LogP contribution >= 0.6 is 35.8 Å². The van der Waals surface area contributed by atoms with Crippen LogP contribution in [0.3, 0.4) is 0 Å². The molecule has 24 heavy (non-hydrogen) atoms. The Balaban J connectivity index is 2.04. The van der Waals surface area contributed by atoms with Crippen LogP contribution in [0.2, 0.25) is 0 Å². The molecule has 0 atom stereocenters. The Morgan fingerprint density at radius 3 is 2.62 bits per heavy atom. The van der Waals surface area contributed by atoms with E-state index in [-0.39, 0.29) is 0 Å². The minimum Gasteiger partial charge on any atom is -0.331 e. The van der Waals surface area contributed by atoms with E-state index >= 15 is 0 Å². The summed E-state index contributed by atoms with van der Waals surface area (Å²) in [6.07, 6.45) is 4.15. The van der Waals surface area contributed by atoms with Gasteiger partial charge in [-0.2, -0.15) is 5.10 Å². The zero-order valence-corrected chi connectivity index (χ0v) is 15.1. The van der Waals surface area contributed by atoms with Crippen LogP contribution in [-0.4, -0.2) is 20.2 Å². The number of aromatic nitrogens is 4. The summed E-state index contributed by atoms with van der Waals surface area (Å²) in [5.41, 5.74) is 3.95. The van der Waals surface area contributed by atoms with Crippen LogP contribution in [0.1, 0.15) is 16.8 Å². The Bertz CT molecular complexity index is 1200. The summed E-state index contributed by atoms with van der Waals surface area (Å²) in [6.45, 7) is 1.96.